The molecule has 7 heteroatoms. The molecule has 118 valence electrons. The third-order valence-electron chi connectivity index (χ3n) is 3.71. The molecule has 0 N–H and O–H groups in total. The highest BCUT2D eigenvalue weighted by molar-refractivity contribution is 5.77. The molecule has 0 amide bonds. The summed E-state index contributed by atoms with van der Waals surface area (Å²) in [6.07, 6.45) is 1.69. The molecule has 0 unspecified atom stereocenters. The quantitative estimate of drug-likeness (QED) is 0.729. The van der Waals surface area contributed by atoms with Crippen molar-refractivity contribution in [3.05, 3.63) is 11.8 Å². The molecule has 0 saturated carbocycles. The maximum Gasteiger partial charge on any atom is 0.315 e. The van der Waals surface area contributed by atoms with Gasteiger partial charge in [-0.05, 0) is 26.3 Å². The van der Waals surface area contributed by atoms with Gasteiger partial charge in [0, 0.05) is 20.6 Å². The lowest BCUT2D eigenvalue weighted by Crippen LogP contribution is -2.50. The van der Waals surface area contributed by atoms with Crippen molar-refractivity contribution in [2.24, 2.45) is 5.41 Å². The minimum Gasteiger partial charge on any atom is -0.465 e. The van der Waals surface area contributed by atoms with Gasteiger partial charge >= 0.3 is 5.97 Å². The number of rotatable bonds is 6. The predicted molar refractivity (Wildman–Crippen MR) is 74.5 cm³/mol. The Labute approximate surface area is 124 Å². The Hall–Kier alpha value is -1.47. The largest absolute Gasteiger partial charge is 0.465 e. The number of carbonyl (C=O) groups excluding carboxylic acids is 1. The molecule has 1 aromatic heterocycles. The van der Waals surface area contributed by atoms with Gasteiger partial charge in [0.2, 0.25) is 11.8 Å². The fourth-order valence-corrected chi connectivity index (χ4v) is 2.86. The summed E-state index contributed by atoms with van der Waals surface area (Å²) in [5, 5.41) is 7.84. The number of aromatic nitrogens is 2. The molecule has 0 aliphatic carbocycles. The number of nitrogens with zero attached hydrogens (tertiary/aromatic N) is 3. The van der Waals surface area contributed by atoms with Gasteiger partial charge < -0.3 is 13.9 Å². The highest BCUT2D eigenvalue weighted by atomic mass is 16.5. The zero-order chi connectivity index (χ0) is 15.3. The molecule has 0 bridgehead atoms. The zero-order valence-corrected chi connectivity index (χ0v) is 12.9. The number of ether oxygens (including phenoxy) is 2. The maximum absolute atomic E-state index is 12.3. The summed E-state index contributed by atoms with van der Waals surface area (Å²) in [5.41, 5.74) is -0.599. The van der Waals surface area contributed by atoms with Crippen LogP contribution in [0.2, 0.25) is 0 Å². The molecule has 1 saturated heterocycles. The molecule has 1 atom stereocenters. The Bertz CT molecular complexity index is 473. The Morgan fingerprint density at radius 1 is 1.48 bits per heavy atom. The van der Waals surface area contributed by atoms with E-state index in [0.29, 0.717) is 38.1 Å². The van der Waals surface area contributed by atoms with Gasteiger partial charge in [0.05, 0.1) is 19.8 Å². The summed E-state index contributed by atoms with van der Waals surface area (Å²) in [5.74, 6) is 0.943. The highest BCUT2D eigenvalue weighted by Crippen LogP contribution is 2.32. The Morgan fingerprint density at radius 2 is 2.29 bits per heavy atom. The van der Waals surface area contributed by atoms with Crippen LogP contribution in [0.15, 0.2) is 4.42 Å². The van der Waals surface area contributed by atoms with E-state index in [1.54, 1.807) is 14.0 Å². The first kappa shape index (κ1) is 15.9. The molecular weight excluding hydrogens is 274 g/mol. The van der Waals surface area contributed by atoms with Crippen LogP contribution in [0.25, 0.3) is 0 Å². The van der Waals surface area contributed by atoms with E-state index in [1.807, 2.05) is 6.92 Å². The molecular formula is C14H23N3O4. The predicted octanol–water partition coefficient (Wildman–Crippen LogP) is 1.17. The van der Waals surface area contributed by atoms with E-state index in [2.05, 4.69) is 15.1 Å². The molecule has 1 fully saturated rings. The average Bonchev–Trinajstić information content (AvgIpc) is 2.85. The maximum atomic E-state index is 12.3. The number of aryl methyl sites for hydroxylation is 1. The van der Waals surface area contributed by atoms with Crippen LogP contribution in [-0.2, 0) is 20.8 Å². The topological polar surface area (TPSA) is 77.7 Å². The molecule has 0 spiro atoms. The fraction of sp³-hybridized carbons (Fsp3) is 0.786. The first-order chi connectivity index (χ1) is 10.1. The molecule has 0 aromatic carbocycles. The van der Waals surface area contributed by atoms with Crippen molar-refractivity contribution in [3.63, 3.8) is 0 Å². The van der Waals surface area contributed by atoms with E-state index >= 15 is 0 Å². The zero-order valence-electron chi connectivity index (χ0n) is 12.9. The normalized spacial score (nSPS) is 23.2. The molecule has 1 aromatic rings. The van der Waals surface area contributed by atoms with Crippen LogP contribution in [0.4, 0.5) is 0 Å². The third kappa shape index (κ3) is 3.79. The second-order valence-electron chi connectivity index (χ2n) is 5.46. The van der Waals surface area contributed by atoms with E-state index in [0.717, 1.165) is 19.4 Å². The first-order valence-electron chi connectivity index (χ1n) is 7.27. The number of hydrogen-bond donors (Lipinski definition) is 0. The van der Waals surface area contributed by atoms with Crippen molar-refractivity contribution in [2.45, 2.75) is 33.2 Å². The van der Waals surface area contributed by atoms with Gasteiger partial charge in [-0.25, -0.2) is 0 Å². The van der Waals surface area contributed by atoms with Crippen LogP contribution < -0.4 is 0 Å². The summed E-state index contributed by atoms with van der Waals surface area (Å²) >= 11 is 0. The van der Waals surface area contributed by atoms with Crippen LogP contribution >= 0.6 is 0 Å². The van der Waals surface area contributed by atoms with E-state index in [1.165, 1.54) is 0 Å². The van der Waals surface area contributed by atoms with Gasteiger partial charge in [0.25, 0.3) is 0 Å². The van der Waals surface area contributed by atoms with Crippen molar-refractivity contribution in [2.75, 3.05) is 33.4 Å². The molecule has 7 nitrogen and oxygen atoms in total. The van der Waals surface area contributed by atoms with Crippen LogP contribution in [-0.4, -0.2) is 54.5 Å². The molecule has 2 rings (SSSR count). The van der Waals surface area contributed by atoms with Gasteiger partial charge in [-0.2, -0.15) is 0 Å². The van der Waals surface area contributed by atoms with Crippen LogP contribution in [0.3, 0.4) is 0 Å². The number of esters is 1. The monoisotopic (exact) mass is 297 g/mol. The number of carbonyl (C=O) groups is 1. The Balaban J connectivity index is 2.06. The van der Waals surface area contributed by atoms with Crippen molar-refractivity contribution in [3.8, 4) is 0 Å². The van der Waals surface area contributed by atoms with E-state index in [9.17, 15) is 4.79 Å². The lowest BCUT2D eigenvalue weighted by molar-refractivity contribution is -0.163. The summed E-state index contributed by atoms with van der Waals surface area (Å²) < 4.78 is 15.9. The number of hydrogen-bond acceptors (Lipinski definition) is 7. The third-order valence-corrected chi connectivity index (χ3v) is 3.71. The summed E-state index contributed by atoms with van der Waals surface area (Å²) in [6, 6.07) is 0. The van der Waals surface area contributed by atoms with Crippen molar-refractivity contribution in [1.82, 2.24) is 15.1 Å². The average molecular weight is 297 g/mol. The molecule has 1 aliphatic heterocycles. The standard InChI is InChI=1S/C14H23N3O4/c1-4-20-13(18)14(10-19-3)6-5-7-17(9-14)8-12-16-15-11(2)21-12/h4-10H2,1-3H3/t14-/m1/s1. The summed E-state index contributed by atoms with van der Waals surface area (Å²) in [4.78, 5) is 14.5. The SMILES string of the molecule is CCOC(=O)[C@]1(COC)CCCN(Cc2nnc(C)o2)C1. The highest BCUT2D eigenvalue weighted by Gasteiger charge is 2.44. The minimum atomic E-state index is -0.599. The minimum absolute atomic E-state index is 0.182. The lowest BCUT2D eigenvalue weighted by Gasteiger charge is -2.39. The summed E-state index contributed by atoms with van der Waals surface area (Å²) in [7, 11) is 1.61. The molecule has 21 heavy (non-hydrogen) atoms. The fourth-order valence-electron chi connectivity index (χ4n) is 2.86. The van der Waals surface area contributed by atoms with Crippen molar-refractivity contribution < 1.29 is 18.7 Å². The smallest absolute Gasteiger partial charge is 0.315 e. The van der Waals surface area contributed by atoms with E-state index < -0.39 is 5.41 Å². The number of likely N-dealkylation sites (tertiary alicyclic amines) is 1. The van der Waals surface area contributed by atoms with Crippen LogP contribution in [0.5, 0.6) is 0 Å². The van der Waals surface area contributed by atoms with Gasteiger partial charge in [-0.15, -0.1) is 10.2 Å². The van der Waals surface area contributed by atoms with Crippen molar-refractivity contribution >= 4 is 5.97 Å². The van der Waals surface area contributed by atoms with E-state index in [-0.39, 0.29) is 5.97 Å². The Kier molecular flexibility index (Phi) is 5.30. The molecule has 1 aliphatic rings. The number of methoxy groups -OCH3 is 1. The Morgan fingerprint density at radius 3 is 2.90 bits per heavy atom. The molecule has 0 radical (unpaired) electrons. The number of piperidine rings is 1. The van der Waals surface area contributed by atoms with E-state index in [4.69, 9.17) is 13.9 Å². The lowest BCUT2D eigenvalue weighted by atomic mass is 9.80. The second-order valence-corrected chi connectivity index (χ2v) is 5.46. The van der Waals surface area contributed by atoms with Gasteiger partial charge in [-0.1, -0.05) is 0 Å². The van der Waals surface area contributed by atoms with Gasteiger partial charge in [0.15, 0.2) is 0 Å². The summed E-state index contributed by atoms with van der Waals surface area (Å²) in [6.45, 7) is 6.36. The van der Waals surface area contributed by atoms with Gasteiger partial charge in [0.1, 0.15) is 5.41 Å². The van der Waals surface area contributed by atoms with Crippen LogP contribution in [0.1, 0.15) is 31.5 Å². The first-order valence-corrected chi connectivity index (χ1v) is 7.27. The second kappa shape index (κ2) is 7.00. The van der Waals surface area contributed by atoms with Gasteiger partial charge in [-0.3, -0.25) is 9.69 Å². The van der Waals surface area contributed by atoms with Crippen molar-refractivity contribution in [1.29, 1.82) is 0 Å². The van der Waals surface area contributed by atoms with Crippen LogP contribution in [0, 0.1) is 12.3 Å². The molecule has 2 heterocycles.